The third kappa shape index (κ3) is 7.05. The molecule has 25 heavy (non-hydrogen) atoms. The minimum Gasteiger partial charge on any atom is -0.222 e. The van der Waals surface area contributed by atoms with Gasteiger partial charge < -0.3 is 0 Å². The minimum absolute atomic E-state index is 1.03. The number of rotatable bonds is 3. The normalized spacial score (nSPS) is 10.8. The van der Waals surface area contributed by atoms with Gasteiger partial charge in [0.15, 0.2) is 0 Å². The molecule has 2 aromatic carbocycles. The highest BCUT2D eigenvalue weighted by Crippen LogP contribution is 2.33. The zero-order chi connectivity index (χ0) is 18.3. The van der Waals surface area contributed by atoms with Gasteiger partial charge in [0.05, 0.1) is 5.69 Å². The van der Waals surface area contributed by atoms with Crippen LogP contribution in [0.15, 0.2) is 71.1 Å². The van der Waals surface area contributed by atoms with Crippen molar-refractivity contribution in [1.29, 1.82) is 0 Å². The fraction of sp³-hybridized carbons (Fsp3) is 0.0588. The topological polar surface area (TPSA) is 105 Å². The van der Waals surface area contributed by atoms with E-state index >= 15 is 0 Å². The van der Waals surface area contributed by atoms with E-state index in [4.69, 9.17) is 23.6 Å². The lowest BCUT2D eigenvalue weighted by Crippen LogP contribution is -2.68. The molecule has 5 nitrogen and oxygen atoms in total. The molecular weight excluding hydrogens is 382 g/mol. The first-order valence-electron chi connectivity index (χ1n) is 6.98. The molecule has 0 aliphatic heterocycles. The quantitative estimate of drug-likeness (QED) is 0.478. The van der Waals surface area contributed by atoms with Crippen LogP contribution in [0.1, 0.15) is 0 Å². The lowest BCUT2D eigenvalue weighted by Gasteiger charge is -2.17. The van der Waals surface area contributed by atoms with Crippen LogP contribution in [0.4, 0.5) is 0 Å². The highest BCUT2D eigenvalue weighted by Gasteiger charge is 2.18. The number of benzene rings is 2. The summed E-state index contributed by atoms with van der Waals surface area (Å²) in [6.45, 7) is 0. The number of halogens is 1. The monoisotopic (exact) mass is 395 g/mol. The molecule has 0 N–H and O–H groups in total. The average Bonchev–Trinajstić information content (AvgIpc) is 2.61. The van der Waals surface area contributed by atoms with Gasteiger partial charge in [-0.1, -0.05) is 48.5 Å². The van der Waals surface area contributed by atoms with E-state index < -0.39 is 10.2 Å². The maximum Gasteiger partial charge on any atom is 0.359 e. The van der Waals surface area contributed by atoms with Gasteiger partial charge in [0.2, 0.25) is 4.88 Å². The van der Waals surface area contributed by atoms with Crippen molar-refractivity contribution >= 4 is 23.1 Å². The largest absolute Gasteiger partial charge is 0.359 e. The molecule has 0 fully saturated rings. The first kappa shape index (κ1) is 19.7. The van der Waals surface area contributed by atoms with Crippen molar-refractivity contribution in [1.82, 2.24) is 4.98 Å². The van der Waals surface area contributed by atoms with Gasteiger partial charge in [-0.05, 0) is 30.2 Å². The van der Waals surface area contributed by atoms with Crippen LogP contribution in [-0.4, -0.2) is 11.2 Å². The van der Waals surface area contributed by atoms with Crippen molar-refractivity contribution < 1.29 is 28.9 Å². The van der Waals surface area contributed by atoms with Crippen LogP contribution in [0.2, 0.25) is 0 Å². The van der Waals surface area contributed by atoms with Crippen molar-refractivity contribution in [2.24, 2.45) is 0 Å². The predicted octanol–water partition coefficient (Wildman–Crippen LogP) is 0.724. The zero-order valence-corrected chi connectivity index (χ0v) is 15.5. The third-order valence-corrected chi connectivity index (χ3v) is 5.01. The second kappa shape index (κ2) is 9.21. The summed E-state index contributed by atoms with van der Waals surface area (Å²) in [5, 5.41) is 0. The molecule has 0 unspecified atom stereocenters. The van der Waals surface area contributed by atoms with Crippen LogP contribution in [-0.2, 0) is 0 Å². The van der Waals surface area contributed by atoms with Crippen LogP contribution in [0.3, 0.4) is 0 Å². The molecule has 0 radical (unpaired) electrons. The van der Waals surface area contributed by atoms with E-state index in [1.807, 2.05) is 24.3 Å². The molecule has 8 heteroatoms. The van der Waals surface area contributed by atoms with E-state index in [9.17, 15) is 0 Å². The molecule has 1 aromatic heterocycles. The summed E-state index contributed by atoms with van der Waals surface area (Å²) in [5.41, 5.74) is 3.44. The second-order valence-corrected chi connectivity index (χ2v) is 7.53. The van der Waals surface area contributed by atoms with Gasteiger partial charge >= 0.3 is 4.34 Å². The van der Waals surface area contributed by atoms with E-state index in [2.05, 4.69) is 48.7 Å². The molecule has 0 bridgehead atoms. The summed E-state index contributed by atoms with van der Waals surface area (Å²) in [6.07, 6.45) is 2.07. The summed E-state index contributed by atoms with van der Waals surface area (Å²) < 4.78 is 35.1. The first-order chi connectivity index (χ1) is 11.9. The van der Waals surface area contributed by atoms with E-state index in [0.717, 1.165) is 15.6 Å². The highest BCUT2D eigenvalue weighted by molar-refractivity contribution is 8.00. The minimum atomic E-state index is -4.94. The van der Waals surface area contributed by atoms with Gasteiger partial charge in [-0.3, -0.25) is 0 Å². The number of nitrogens with zero attached hydrogens (tertiary/aromatic N) is 1. The van der Waals surface area contributed by atoms with Crippen molar-refractivity contribution in [3.63, 3.8) is 0 Å². The number of hydrogen-bond acceptors (Lipinski definition) is 6. The molecule has 0 aliphatic carbocycles. The van der Waals surface area contributed by atoms with Gasteiger partial charge in [-0.25, -0.2) is 18.6 Å². The Kier molecular flexibility index (Phi) is 7.27. The van der Waals surface area contributed by atoms with Crippen LogP contribution in [0, 0.1) is 10.2 Å². The molecule has 0 atom stereocenters. The van der Waals surface area contributed by atoms with E-state index in [1.165, 1.54) is 10.4 Å². The van der Waals surface area contributed by atoms with E-state index in [0.29, 0.717) is 0 Å². The lowest BCUT2D eigenvalue weighted by atomic mass is 10.1. The van der Waals surface area contributed by atoms with Crippen molar-refractivity contribution in [3.05, 3.63) is 66.7 Å². The Bertz CT molecular complexity index is 735. The molecule has 0 saturated heterocycles. The van der Waals surface area contributed by atoms with Gasteiger partial charge in [-0.2, -0.15) is 4.98 Å². The second-order valence-electron chi connectivity index (χ2n) is 4.69. The molecule has 1 heterocycles. The SMILES string of the molecule is CSc1nc(-c2ccccc2)cc(-c2ccccc2)[s+]1.[O-][Cl+3]([O-])([O-])[O-]. The van der Waals surface area contributed by atoms with Crippen molar-refractivity contribution in [3.8, 4) is 21.7 Å². The molecule has 0 spiro atoms. The maximum absolute atomic E-state index is 8.49. The molecule has 3 rings (SSSR count). The lowest BCUT2D eigenvalue weighted by molar-refractivity contribution is -2.00. The van der Waals surface area contributed by atoms with Gasteiger partial charge in [-0.15, -0.1) is 10.2 Å². The Morgan fingerprint density at radius 1 is 0.840 bits per heavy atom. The Morgan fingerprint density at radius 2 is 1.32 bits per heavy atom. The molecule has 0 amide bonds. The summed E-state index contributed by atoms with van der Waals surface area (Å²) in [7, 11) is -4.94. The molecular formula is C17H14ClNO4S2. The highest BCUT2D eigenvalue weighted by atomic mass is 35.7. The summed E-state index contributed by atoms with van der Waals surface area (Å²) >= 11 is 3.43. The molecule has 130 valence electrons. The van der Waals surface area contributed by atoms with Crippen LogP contribution >= 0.6 is 23.1 Å². The third-order valence-electron chi connectivity index (χ3n) is 2.98. The standard InChI is InChI=1S/C17H14NS2.ClHO4/c1-19-17-18-15(13-8-4-2-5-9-13)12-16(20-17)14-10-6-3-7-11-14;2-1(3,4)5/h2-12H,1H3;(H,2,3,4,5)/q+1;/p-1. The predicted molar refractivity (Wildman–Crippen MR) is 89.2 cm³/mol. The fourth-order valence-corrected chi connectivity index (χ4v) is 3.54. The smallest absolute Gasteiger partial charge is 0.222 e. The van der Waals surface area contributed by atoms with Crippen LogP contribution in [0.5, 0.6) is 0 Å². The van der Waals surface area contributed by atoms with Crippen molar-refractivity contribution in [2.45, 2.75) is 4.34 Å². The van der Waals surface area contributed by atoms with Crippen LogP contribution in [0.25, 0.3) is 21.7 Å². The van der Waals surface area contributed by atoms with Crippen molar-refractivity contribution in [2.75, 3.05) is 6.26 Å². The van der Waals surface area contributed by atoms with Gasteiger partial charge in [0.25, 0.3) is 11.3 Å². The van der Waals surface area contributed by atoms with Crippen LogP contribution < -0.4 is 18.6 Å². The van der Waals surface area contributed by atoms with E-state index in [-0.39, 0.29) is 0 Å². The Labute approximate surface area is 156 Å². The summed E-state index contributed by atoms with van der Waals surface area (Å²) in [6, 6.07) is 23.0. The maximum atomic E-state index is 8.49. The Balaban J connectivity index is 0.000000399. The molecule has 0 aliphatic rings. The number of hydrogen-bond donors (Lipinski definition) is 0. The summed E-state index contributed by atoms with van der Waals surface area (Å²) in [4.78, 5) is 5.98. The zero-order valence-electron chi connectivity index (χ0n) is 13.1. The number of thioether (sulfide) groups is 1. The summed E-state index contributed by atoms with van der Waals surface area (Å²) in [5.74, 6) is 0. The first-order valence-corrected chi connectivity index (χ1v) is 10.3. The molecule has 3 aromatic rings. The van der Waals surface area contributed by atoms with Gasteiger partial charge in [0.1, 0.15) is 0 Å². The average molecular weight is 396 g/mol. The van der Waals surface area contributed by atoms with Gasteiger partial charge in [0, 0.05) is 17.2 Å². The Morgan fingerprint density at radius 3 is 1.80 bits per heavy atom. The Hall–Kier alpha value is -1.58. The number of aromatic nitrogens is 1. The molecule has 0 saturated carbocycles. The van der Waals surface area contributed by atoms with E-state index in [1.54, 1.807) is 23.1 Å². The fourth-order valence-electron chi connectivity index (χ4n) is 1.99.